The van der Waals surface area contributed by atoms with Gasteiger partial charge in [-0.05, 0) is 42.9 Å². The van der Waals surface area contributed by atoms with Crippen LogP contribution in [0.3, 0.4) is 0 Å². The largest absolute Gasteiger partial charge is 0.507 e. The molecule has 0 radical (unpaired) electrons. The molecule has 0 bridgehead atoms. The first-order chi connectivity index (χ1) is 13.6. The number of rotatable bonds is 4. The fraction of sp³-hybridized carbons (Fsp3) is 0.125. The normalized spacial score (nSPS) is 12.4. The van der Waals surface area contributed by atoms with Gasteiger partial charge in [-0.2, -0.15) is 0 Å². The van der Waals surface area contributed by atoms with E-state index in [0.29, 0.717) is 11.0 Å². The maximum Gasteiger partial charge on any atom is 0.345 e. The van der Waals surface area contributed by atoms with Crippen molar-refractivity contribution in [1.82, 2.24) is 4.90 Å². The molecule has 0 aliphatic heterocycles. The lowest BCUT2D eigenvalue weighted by Gasteiger charge is -2.25. The summed E-state index contributed by atoms with van der Waals surface area (Å²) in [6.45, 7) is 0. The summed E-state index contributed by atoms with van der Waals surface area (Å²) in [5, 5.41) is 11.4. The Kier molecular flexibility index (Phi) is 4.72. The topological polar surface area (TPSA) is 53.7 Å². The van der Waals surface area contributed by atoms with Gasteiger partial charge in [-0.15, -0.1) is 0 Å². The van der Waals surface area contributed by atoms with E-state index >= 15 is 0 Å². The lowest BCUT2D eigenvalue weighted by Crippen LogP contribution is -2.26. The minimum absolute atomic E-state index is 0.0299. The second-order valence-electron chi connectivity index (χ2n) is 7.00. The summed E-state index contributed by atoms with van der Waals surface area (Å²) < 4.78 is 5.48. The van der Waals surface area contributed by atoms with Crippen LogP contribution in [-0.4, -0.2) is 24.1 Å². The van der Waals surface area contributed by atoms with Crippen LogP contribution in [0.1, 0.15) is 17.2 Å². The van der Waals surface area contributed by atoms with E-state index in [2.05, 4.69) is 12.1 Å². The molecule has 4 nitrogen and oxygen atoms in total. The van der Waals surface area contributed by atoms with E-state index in [4.69, 9.17) is 4.42 Å². The van der Waals surface area contributed by atoms with Crippen LogP contribution >= 0.6 is 0 Å². The molecule has 140 valence electrons. The molecule has 0 aliphatic carbocycles. The Balaban J connectivity index is 1.83. The Morgan fingerprint density at radius 3 is 2.11 bits per heavy atom. The van der Waals surface area contributed by atoms with Crippen LogP contribution in [0.5, 0.6) is 5.75 Å². The second-order valence-corrected chi connectivity index (χ2v) is 7.00. The summed E-state index contributed by atoms with van der Waals surface area (Å²) in [6.07, 6.45) is 0. The molecule has 0 fully saturated rings. The average molecular weight is 371 g/mol. The Labute approximate surface area is 163 Å². The van der Waals surface area contributed by atoms with Crippen molar-refractivity contribution in [3.63, 3.8) is 0 Å². The van der Waals surface area contributed by atoms with Crippen molar-refractivity contribution in [3.05, 3.63) is 100 Å². The van der Waals surface area contributed by atoms with Gasteiger partial charge in [0.25, 0.3) is 0 Å². The molecule has 4 heteroatoms. The maximum atomic E-state index is 12.7. The van der Waals surface area contributed by atoms with Crippen LogP contribution in [0.2, 0.25) is 0 Å². The summed E-state index contributed by atoms with van der Waals surface area (Å²) in [6, 6.07) is 24.7. The average Bonchev–Trinajstić information content (AvgIpc) is 2.72. The Bertz CT molecular complexity index is 1160. The van der Waals surface area contributed by atoms with Crippen molar-refractivity contribution in [2.24, 2.45) is 0 Å². The minimum Gasteiger partial charge on any atom is -0.507 e. The SMILES string of the molecule is CN(C)C(c1ccc(-c2ccccc2)cc1)c1c(O)c2ccccc2oc1=O. The number of hydrogen-bond donors (Lipinski definition) is 1. The number of hydrogen-bond acceptors (Lipinski definition) is 4. The third kappa shape index (κ3) is 3.19. The molecule has 1 heterocycles. The Morgan fingerprint density at radius 2 is 1.43 bits per heavy atom. The van der Waals surface area contributed by atoms with Gasteiger partial charge in [-0.1, -0.05) is 66.7 Å². The maximum absolute atomic E-state index is 12.7. The predicted octanol–water partition coefficient (Wildman–Crippen LogP) is 4.82. The Morgan fingerprint density at radius 1 is 0.821 bits per heavy atom. The highest BCUT2D eigenvalue weighted by molar-refractivity contribution is 5.84. The quantitative estimate of drug-likeness (QED) is 0.523. The van der Waals surface area contributed by atoms with Gasteiger partial charge in [-0.3, -0.25) is 4.90 Å². The first-order valence-corrected chi connectivity index (χ1v) is 9.13. The molecule has 3 aromatic carbocycles. The summed E-state index contributed by atoms with van der Waals surface area (Å²) in [5.41, 5.74) is 3.23. The molecule has 0 saturated heterocycles. The number of nitrogens with zero attached hydrogens (tertiary/aromatic N) is 1. The van der Waals surface area contributed by atoms with Gasteiger partial charge >= 0.3 is 5.63 Å². The molecule has 0 amide bonds. The smallest absolute Gasteiger partial charge is 0.345 e. The van der Waals surface area contributed by atoms with Crippen LogP contribution in [-0.2, 0) is 0 Å². The molecule has 1 aromatic heterocycles. The molecule has 0 aliphatic rings. The monoisotopic (exact) mass is 371 g/mol. The Hall–Kier alpha value is -3.37. The van der Waals surface area contributed by atoms with Crippen LogP contribution in [0.4, 0.5) is 0 Å². The molecule has 0 saturated carbocycles. The van der Waals surface area contributed by atoms with E-state index in [1.165, 1.54) is 0 Å². The molecule has 0 spiro atoms. The number of para-hydroxylation sites is 1. The number of benzene rings is 3. The standard InChI is InChI=1S/C24H21NO3/c1-25(2)22(18-14-12-17(13-15-18)16-8-4-3-5-9-16)21-23(26)19-10-6-7-11-20(19)28-24(21)27/h3-15,22,26H,1-2H3. The zero-order valence-electron chi connectivity index (χ0n) is 15.8. The van der Waals surface area contributed by atoms with Gasteiger partial charge in [-0.25, -0.2) is 4.79 Å². The summed E-state index contributed by atoms with van der Waals surface area (Å²) in [7, 11) is 3.76. The number of aromatic hydroxyl groups is 1. The van der Waals surface area contributed by atoms with Crippen molar-refractivity contribution in [2.75, 3.05) is 14.1 Å². The third-order valence-corrected chi connectivity index (χ3v) is 4.94. The highest BCUT2D eigenvalue weighted by atomic mass is 16.4. The van der Waals surface area contributed by atoms with E-state index in [0.717, 1.165) is 16.7 Å². The molecule has 28 heavy (non-hydrogen) atoms. The molecule has 1 atom stereocenters. The highest BCUT2D eigenvalue weighted by Crippen LogP contribution is 2.35. The zero-order valence-corrected chi connectivity index (χ0v) is 15.8. The lowest BCUT2D eigenvalue weighted by atomic mass is 9.95. The fourth-order valence-corrected chi connectivity index (χ4v) is 3.60. The zero-order chi connectivity index (χ0) is 19.7. The van der Waals surface area contributed by atoms with Crippen molar-refractivity contribution in [3.8, 4) is 16.9 Å². The van der Waals surface area contributed by atoms with Crippen LogP contribution in [0.25, 0.3) is 22.1 Å². The van der Waals surface area contributed by atoms with Gasteiger partial charge < -0.3 is 9.52 Å². The van der Waals surface area contributed by atoms with Gasteiger partial charge in [0.15, 0.2) is 0 Å². The molecule has 1 N–H and O–H groups in total. The van der Waals surface area contributed by atoms with Crippen molar-refractivity contribution in [2.45, 2.75) is 6.04 Å². The van der Waals surface area contributed by atoms with E-state index in [1.807, 2.05) is 67.5 Å². The highest BCUT2D eigenvalue weighted by Gasteiger charge is 2.26. The first kappa shape index (κ1) is 18.0. The first-order valence-electron chi connectivity index (χ1n) is 9.13. The molecular formula is C24H21NO3. The summed E-state index contributed by atoms with van der Waals surface area (Å²) >= 11 is 0. The summed E-state index contributed by atoms with van der Waals surface area (Å²) in [5.74, 6) is -0.0299. The second kappa shape index (κ2) is 7.33. The van der Waals surface area contributed by atoms with Crippen molar-refractivity contribution >= 4 is 11.0 Å². The third-order valence-electron chi connectivity index (χ3n) is 4.94. The van der Waals surface area contributed by atoms with E-state index < -0.39 is 11.7 Å². The molecule has 1 unspecified atom stereocenters. The molecular weight excluding hydrogens is 350 g/mol. The van der Waals surface area contributed by atoms with Crippen molar-refractivity contribution < 1.29 is 9.52 Å². The fourth-order valence-electron chi connectivity index (χ4n) is 3.60. The van der Waals surface area contributed by atoms with Gasteiger partial charge in [0.05, 0.1) is 11.4 Å². The molecule has 4 aromatic rings. The number of fused-ring (bicyclic) bond motifs is 1. The van der Waals surface area contributed by atoms with E-state index in [9.17, 15) is 9.90 Å². The predicted molar refractivity (Wildman–Crippen MR) is 112 cm³/mol. The minimum atomic E-state index is -0.526. The lowest BCUT2D eigenvalue weighted by molar-refractivity contribution is 0.322. The van der Waals surface area contributed by atoms with Crippen LogP contribution in [0, 0.1) is 0 Å². The summed E-state index contributed by atoms with van der Waals surface area (Å²) in [4.78, 5) is 14.6. The van der Waals surface area contributed by atoms with Crippen molar-refractivity contribution in [1.29, 1.82) is 0 Å². The van der Waals surface area contributed by atoms with Crippen LogP contribution in [0.15, 0.2) is 88.1 Å². The van der Waals surface area contributed by atoms with E-state index in [-0.39, 0.29) is 11.3 Å². The van der Waals surface area contributed by atoms with Crippen LogP contribution < -0.4 is 5.63 Å². The van der Waals surface area contributed by atoms with E-state index in [1.54, 1.807) is 18.2 Å². The molecule has 4 rings (SSSR count). The van der Waals surface area contributed by atoms with Gasteiger partial charge in [0.2, 0.25) is 0 Å². The van der Waals surface area contributed by atoms with Gasteiger partial charge in [0.1, 0.15) is 16.9 Å². The van der Waals surface area contributed by atoms with Gasteiger partial charge in [0, 0.05) is 0 Å².